The molecule has 0 nitrogen and oxygen atoms in total. The van der Waals surface area contributed by atoms with E-state index in [1.807, 2.05) is 0 Å². The Balaban J connectivity index is 0.00000243. The van der Waals surface area contributed by atoms with Crippen molar-refractivity contribution in [3.63, 3.8) is 0 Å². The van der Waals surface area contributed by atoms with E-state index in [2.05, 4.69) is 111 Å². The number of rotatable bonds is 3. The summed E-state index contributed by atoms with van der Waals surface area (Å²) in [7, 11) is 0. The first kappa shape index (κ1) is 27.5. The summed E-state index contributed by atoms with van der Waals surface area (Å²) in [5.41, 5.74) is 9.94. The third kappa shape index (κ3) is 4.63. The van der Waals surface area contributed by atoms with Crippen LogP contribution in [0, 0.1) is 19.3 Å². The van der Waals surface area contributed by atoms with Crippen LogP contribution >= 0.6 is 0 Å². The fourth-order valence-corrected chi connectivity index (χ4v) is 5.17. The van der Waals surface area contributed by atoms with Gasteiger partial charge in [-0.15, -0.1) is 0 Å². The van der Waals surface area contributed by atoms with Crippen molar-refractivity contribution in [3.8, 4) is 0 Å². The fraction of sp³-hybridized carbons (Fsp3) is 0.333. The molecule has 28 heavy (non-hydrogen) atoms. The summed E-state index contributed by atoms with van der Waals surface area (Å²) in [6, 6.07) is 18.1. The number of benzene rings is 2. The largest absolute Gasteiger partial charge is 1.00 e. The van der Waals surface area contributed by atoms with Gasteiger partial charge in [0.25, 0.3) is 0 Å². The zero-order valence-electron chi connectivity index (χ0n) is 17.3. The van der Waals surface area contributed by atoms with Gasteiger partial charge in [-0.25, -0.2) is 0 Å². The van der Waals surface area contributed by atoms with Crippen molar-refractivity contribution in [2.45, 2.75) is 47.5 Å². The Bertz CT molecular complexity index is 827. The number of allylic oxidation sites excluding steroid dienone is 4. The second kappa shape index (κ2) is 10.5. The molecule has 1 atom stereocenters. The third-order valence-electron chi connectivity index (χ3n) is 6.13. The van der Waals surface area contributed by atoms with Gasteiger partial charge in [0.2, 0.25) is 0 Å². The average Bonchev–Trinajstić information content (AvgIpc) is 2.72. The maximum atomic E-state index is 2.44. The molecule has 0 aliphatic heterocycles. The molecule has 2 aromatic rings. The topological polar surface area (TPSA) is 0 Å². The molecule has 1 unspecified atom stereocenters. The summed E-state index contributed by atoms with van der Waals surface area (Å²) < 4.78 is 1.51. The molecule has 0 N–H and O–H groups in total. The minimum Gasteiger partial charge on any atom is -1.00 e. The Morgan fingerprint density at radius 1 is 0.714 bits per heavy atom. The molecule has 0 bridgehead atoms. The van der Waals surface area contributed by atoms with Crippen LogP contribution in [0.1, 0.15) is 55.9 Å². The van der Waals surface area contributed by atoms with E-state index >= 15 is 0 Å². The van der Waals surface area contributed by atoms with Crippen molar-refractivity contribution in [2.75, 3.05) is 0 Å². The summed E-state index contributed by atoms with van der Waals surface area (Å²) in [6.07, 6.45) is 0. The first-order chi connectivity index (χ1) is 11.8. The maximum Gasteiger partial charge on any atom is -1.00 e. The van der Waals surface area contributed by atoms with E-state index in [1.165, 1.54) is 42.9 Å². The van der Waals surface area contributed by atoms with Crippen molar-refractivity contribution in [1.29, 1.82) is 0 Å². The van der Waals surface area contributed by atoms with E-state index in [9.17, 15) is 0 Å². The summed E-state index contributed by atoms with van der Waals surface area (Å²) in [6.45, 7) is 13.7. The molecule has 0 saturated heterocycles. The van der Waals surface area contributed by atoms with Crippen molar-refractivity contribution in [1.82, 2.24) is 0 Å². The summed E-state index contributed by atoms with van der Waals surface area (Å²) in [4.78, 5) is 0. The van der Waals surface area contributed by atoms with E-state index < -0.39 is 0 Å². The van der Waals surface area contributed by atoms with Crippen LogP contribution in [0.5, 0.6) is 0 Å². The van der Waals surface area contributed by atoms with Gasteiger partial charge in [0.15, 0.2) is 0 Å². The smallest absolute Gasteiger partial charge is 1.00 e. The molecule has 2 aromatic carbocycles. The summed E-state index contributed by atoms with van der Waals surface area (Å²) in [5, 5.41) is 0. The molecule has 0 radical (unpaired) electrons. The Morgan fingerprint density at radius 2 is 1.14 bits per heavy atom. The monoisotopic (exact) mass is 468 g/mol. The predicted octanol–water partition coefficient (Wildman–Crippen LogP) is -2.38. The molecule has 0 saturated carbocycles. The molecule has 148 valence electrons. The van der Waals surface area contributed by atoms with Gasteiger partial charge in [0.05, 0.1) is 0 Å². The van der Waals surface area contributed by atoms with E-state index in [4.69, 9.17) is 0 Å². The number of aryl methyl sites for hydroxylation is 2. The zero-order valence-corrected chi connectivity index (χ0v) is 21.2. The normalized spacial score (nSPS) is 18.6. The number of halogens is 3. The van der Waals surface area contributed by atoms with Crippen molar-refractivity contribution < 1.29 is 57.7 Å². The Morgan fingerprint density at radius 3 is 1.46 bits per heavy atom. The molecule has 4 heteroatoms. The van der Waals surface area contributed by atoms with Crippen LogP contribution in [-0.4, -0.2) is 0 Å². The first-order valence-electron chi connectivity index (χ1n) is 9.01. The van der Waals surface area contributed by atoms with Gasteiger partial charge in [-0.2, -0.15) is 0 Å². The minimum absolute atomic E-state index is 0. The van der Waals surface area contributed by atoms with Crippen LogP contribution in [0.3, 0.4) is 0 Å². The third-order valence-corrected chi connectivity index (χ3v) is 7.52. The van der Waals surface area contributed by atoms with Gasteiger partial charge in [0.1, 0.15) is 0 Å². The Hall–Kier alpha value is -0.496. The van der Waals surface area contributed by atoms with Crippen molar-refractivity contribution in [2.24, 2.45) is 5.41 Å². The molecule has 0 heterocycles. The summed E-state index contributed by atoms with van der Waals surface area (Å²) >= 11 is 2.33. The van der Waals surface area contributed by atoms with E-state index in [0.29, 0.717) is 5.92 Å². The molecular weight excluding hydrogens is 442 g/mol. The van der Waals surface area contributed by atoms with Gasteiger partial charge in [-0.05, 0) is 0 Å². The first-order valence-corrected chi connectivity index (χ1v) is 9.79. The predicted molar refractivity (Wildman–Crippen MR) is 103 cm³/mol. The second-order valence-electron chi connectivity index (χ2n) is 7.71. The standard InChI is InChI=1S/C24H27.3ClH.Ti/c1-16-9-7-11-21(13-16)23(22-12-8-10-17(2)14-22)24(6)15-18(3)19(4)20(24)5;;;;/h7-14,23H,1-6H3;3*1H;/q;;;;+3/p-3. The summed E-state index contributed by atoms with van der Waals surface area (Å²) in [5.74, 6) is 0.333. The molecule has 1 aliphatic rings. The molecule has 3 rings (SSSR count). The van der Waals surface area contributed by atoms with E-state index in [1.54, 1.807) is 0 Å². The SMILES string of the molecule is CC1=C(C)C(C)(C(c2cccc(C)c2)c2cccc(C)c2)[C]([Ti+3])=C1C.[Cl-].[Cl-].[Cl-]. The van der Waals surface area contributed by atoms with Gasteiger partial charge in [-0.3, -0.25) is 0 Å². The van der Waals surface area contributed by atoms with Crippen LogP contribution in [0.2, 0.25) is 0 Å². The maximum absolute atomic E-state index is 2.44. The van der Waals surface area contributed by atoms with Gasteiger partial charge in [-0.1, -0.05) is 0 Å². The van der Waals surface area contributed by atoms with E-state index in [-0.39, 0.29) is 42.6 Å². The van der Waals surface area contributed by atoms with Crippen LogP contribution in [0.4, 0.5) is 0 Å². The molecule has 0 aromatic heterocycles. The van der Waals surface area contributed by atoms with Gasteiger partial charge in [0, 0.05) is 0 Å². The molecular formula is C24H27Cl3Ti. The van der Waals surface area contributed by atoms with Crippen LogP contribution in [0.25, 0.3) is 0 Å². The molecule has 1 aliphatic carbocycles. The van der Waals surface area contributed by atoms with Crippen LogP contribution in [0.15, 0.2) is 69.1 Å². The zero-order chi connectivity index (χ0) is 18.4. The van der Waals surface area contributed by atoms with Gasteiger partial charge >= 0.3 is 165 Å². The fourth-order valence-electron chi connectivity index (χ4n) is 4.35. The van der Waals surface area contributed by atoms with Crippen molar-refractivity contribution in [3.05, 3.63) is 91.4 Å². The number of hydrogen-bond acceptors (Lipinski definition) is 0. The Labute approximate surface area is 200 Å². The van der Waals surface area contributed by atoms with E-state index in [0.717, 1.165) is 0 Å². The van der Waals surface area contributed by atoms with Crippen molar-refractivity contribution >= 4 is 0 Å². The minimum atomic E-state index is 0. The average molecular weight is 470 g/mol. The number of hydrogen-bond donors (Lipinski definition) is 0. The quantitative estimate of drug-likeness (QED) is 0.441. The van der Waals surface area contributed by atoms with Crippen LogP contribution in [-0.2, 0) is 20.4 Å². The molecule has 0 fully saturated rings. The van der Waals surface area contributed by atoms with Crippen LogP contribution < -0.4 is 37.2 Å². The Kier molecular flexibility index (Phi) is 10.3. The van der Waals surface area contributed by atoms with Gasteiger partial charge < -0.3 is 37.2 Å². The second-order valence-corrected chi connectivity index (χ2v) is 8.49. The molecule has 0 spiro atoms. The molecule has 0 amide bonds.